The maximum absolute atomic E-state index is 12.5. The lowest BCUT2D eigenvalue weighted by molar-refractivity contribution is -0.161. The highest BCUT2D eigenvalue weighted by Gasteiger charge is 2.27. The van der Waals surface area contributed by atoms with Gasteiger partial charge in [0.2, 0.25) is 0 Å². The summed E-state index contributed by atoms with van der Waals surface area (Å²) < 4.78 is 32.4. The second-order valence-electron chi connectivity index (χ2n) is 12.9. The highest BCUT2D eigenvalue weighted by atomic mass is 31.2. The van der Waals surface area contributed by atoms with Gasteiger partial charge in [-0.25, -0.2) is 4.57 Å². The average molecular weight is 755 g/mol. The Balaban J connectivity index is 4.53. The van der Waals surface area contributed by atoms with Crippen LogP contribution in [0.1, 0.15) is 117 Å². The Morgan fingerprint density at radius 3 is 2.02 bits per heavy atom. The van der Waals surface area contributed by atoms with Gasteiger partial charge in [-0.3, -0.25) is 18.6 Å². The third-order valence-corrected chi connectivity index (χ3v) is 8.35. The number of unbranched alkanes of at least 4 members (excludes halogenated alkanes) is 5. The minimum absolute atomic E-state index is 0.0895. The molecule has 0 aliphatic carbocycles. The highest BCUT2D eigenvalue weighted by Crippen LogP contribution is 2.43. The molecule has 0 radical (unpaired) electrons. The zero-order valence-electron chi connectivity index (χ0n) is 31.8. The van der Waals surface area contributed by atoms with E-state index in [9.17, 15) is 29.3 Å². The van der Waals surface area contributed by atoms with Crippen molar-refractivity contribution in [1.82, 2.24) is 0 Å². The summed E-state index contributed by atoms with van der Waals surface area (Å²) in [7, 11) is -4.64. The number of phosphoric ester groups is 1. The monoisotopic (exact) mass is 754 g/mol. The predicted octanol–water partition coefficient (Wildman–Crippen LogP) is 8.15. The minimum Gasteiger partial charge on any atom is -0.462 e. The largest absolute Gasteiger partial charge is 0.472 e. The molecule has 12 heteroatoms. The molecule has 0 heterocycles. The molecule has 0 aliphatic heterocycles. The zero-order chi connectivity index (χ0) is 38.7. The molecule has 0 fully saturated rings. The standard InChI is InChI=1S/C40H67O11P/c1-4-5-6-7-17-22-27-36(42)28-23-18-12-10-8-9-11-13-19-24-29-39(44)48-33-38(34-50-52(46,47)49-32-37(43)31-41)51-40(45)30-25-20-15-14-16-21-26-35(2)3/h5-6,8-9,12-13,17-19,22-23,28,35-38,41-43H,4,7,10-11,14-16,20-21,24-27,29-34H2,1-3H3,(H,46,47)/b6-5-,9-8-,18-12-,19-13-,22-17-,28-23+/t36?,37-,38+/m0/s1. The van der Waals surface area contributed by atoms with Crippen LogP contribution < -0.4 is 0 Å². The van der Waals surface area contributed by atoms with Gasteiger partial charge in [-0.1, -0.05) is 132 Å². The summed E-state index contributed by atoms with van der Waals surface area (Å²) >= 11 is 0. The molecule has 0 saturated carbocycles. The van der Waals surface area contributed by atoms with E-state index in [1.165, 1.54) is 19.3 Å². The number of aliphatic hydroxyl groups excluding tert-OH is 3. The number of hydrogen-bond acceptors (Lipinski definition) is 10. The molecule has 0 aromatic rings. The maximum Gasteiger partial charge on any atom is 0.472 e. The van der Waals surface area contributed by atoms with Gasteiger partial charge in [0.15, 0.2) is 6.10 Å². The van der Waals surface area contributed by atoms with Crippen molar-refractivity contribution >= 4 is 19.8 Å². The van der Waals surface area contributed by atoms with Crippen LogP contribution >= 0.6 is 7.82 Å². The normalized spacial score (nSPS) is 15.5. The van der Waals surface area contributed by atoms with Crippen LogP contribution in [0.3, 0.4) is 0 Å². The number of phosphoric acid groups is 1. The number of rotatable bonds is 33. The molecule has 0 amide bonds. The number of hydrogen-bond donors (Lipinski definition) is 4. The molecule has 4 N–H and O–H groups in total. The molecular formula is C40H67O11P. The highest BCUT2D eigenvalue weighted by molar-refractivity contribution is 7.47. The van der Waals surface area contributed by atoms with Gasteiger partial charge in [0.1, 0.15) is 12.7 Å². The second kappa shape index (κ2) is 34.2. The molecule has 0 spiro atoms. The van der Waals surface area contributed by atoms with Crippen molar-refractivity contribution in [3.8, 4) is 0 Å². The molecule has 0 saturated heterocycles. The smallest absolute Gasteiger partial charge is 0.462 e. The summed E-state index contributed by atoms with van der Waals surface area (Å²) in [5, 5.41) is 28.2. The van der Waals surface area contributed by atoms with Gasteiger partial charge in [-0.2, -0.15) is 0 Å². The quantitative estimate of drug-likeness (QED) is 0.0168. The lowest BCUT2D eigenvalue weighted by Crippen LogP contribution is -2.29. The third-order valence-electron chi connectivity index (χ3n) is 7.40. The van der Waals surface area contributed by atoms with Gasteiger partial charge < -0.3 is 29.7 Å². The summed E-state index contributed by atoms with van der Waals surface area (Å²) in [6, 6.07) is 0. The molecule has 52 heavy (non-hydrogen) atoms. The lowest BCUT2D eigenvalue weighted by Gasteiger charge is -2.20. The first-order valence-corrected chi connectivity index (χ1v) is 20.4. The van der Waals surface area contributed by atoms with E-state index in [0.29, 0.717) is 31.6 Å². The first kappa shape index (κ1) is 49.4. The molecular weight excluding hydrogens is 687 g/mol. The van der Waals surface area contributed by atoms with Gasteiger partial charge >= 0.3 is 19.8 Å². The van der Waals surface area contributed by atoms with Crippen LogP contribution in [0.4, 0.5) is 0 Å². The van der Waals surface area contributed by atoms with E-state index in [-0.39, 0.29) is 19.4 Å². The van der Waals surface area contributed by atoms with Crippen LogP contribution in [0.15, 0.2) is 72.9 Å². The fourth-order valence-corrected chi connectivity index (χ4v) is 5.25. The van der Waals surface area contributed by atoms with E-state index in [4.69, 9.17) is 19.1 Å². The SMILES string of the molecule is CC/C=C\C/C=C\CC(O)/C=C/C=C\C/C=C\C/C=C\CCC(=O)OC[C@H](COP(=O)(O)OC[C@@H](O)CO)OC(=O)CCCCCCCCC(C)C. The topological polar surface area (TPSA) is 169 Å². The van der Waals surface area contributed by atoms with Crippen molar-refractivity contribution in [1.29, 1.82) is 0 Å². The van der Waals surface area contributed by atoms with Gasteiger partial charge in [0, 0.05) is 12.8 Å². The van der Waals surface area contributed by atoms with Gasteiger partial charge in [0.05, 0.1) is 25.9 Å². The van der Waals surface area contributed by atoms with Crippen LogP contribution in [0, 0.1) is 5.92 Å². The van der Waals surface area contributed by atoms with E-state index in [0.717, 1.165) is 38.5 Å². The molecule has 298 valence electrons. The van der Waals surface area contributed by atoms with Crippen molar-refractivity contribution in [2.24, 2.45) is 5.92 Å². The van der Waals surface area contributed by atoms with Crippen molar-refractivity contribution in [3.05, 3.63) is 72.9 Å². The van der Waals surface area contributed by atoms with E-state index in [2.05, 4.69) is 37.4 Å². The maximum atomic E-state index is 12.5. The van der Waals surface area contributed by atoms with E-state index >= 15 is 0 Å². The number of esters is 2. The first-order chi connectivity index (χ1) is 25.0. The fraction of sp³-hybridized carbons (Fsp3) is 0.650. The Bertz CT molecular complexity index is 1130. The summed E-state index contributed by atoms with van der Waals surface area (Å²) in [5.41, 5.74) is 0. The van der Waals surface area contributed by atoms with E-state index in [1.807, 2.05) is 54.7 Å². The summed E-state index contributed by atoms with van der Waals surface area (Å²) in [4.78, 5) is 34.7. The Labute approximate surface area is 312 Å². The van der Waals surface area contributed by atoms with E-state index < -0.39 is 57.9 Å². The van der Waals surface area contributed by atoms with Gasteiger partial charge in [0.25, 0.3) is 0 Å². The minimum atomic E-state index is -4.64. The number of ether oxygens (including phenoxy) is 2. The second-order valence-corrected chi connectivity index (χ2v) is 14.4. The number of aliphatic hydroxyl groups is 3. The van der Waals surface area contributed by atoms with Gasteiger partial charge in [-0.05, 0) is 50.9 Å². The molecule has 2 unspecified atom stereocenters. The average Bonchev–Trinajstić information content (AvgIpc) is 3.11. The Morgan fingerprint density at radius 2 is 1.33 bits per heavy atom. The summed E-state index contributed by atoms with van der Waals surface area (Å²) in [5.74, 6) is -0.368. The third kappa shape index (κ3) is 34.5. The van der Waals surface area contributed by atoms with Crippen molar-refractivity contribution in [2.45, 2.75) is 135 Å². The van der Waals surface area contributed by atoms with Crippen molar-refractivity contribution in [2.75, 3.05) is 26.4 Å². The van der Waals surface area contributed by atoms with Crippen molar-refractivity contribution < 1.29 is 52.9 Å². The van der Waals surface area contributed by atoms with Crippen molar-refractivity contribution in [3.63, 3.8) is 0 Å². The summed E-state index contributed by atoms with van der Waals surface area (Å²) in [6.07, 6.45) is 32.4. The molecule has 0 rings (SSSR count). The first-order valence-electron chi connectivity index (χ1n) is 18.9. The molecule has 0 aliphatic rings. The summed E-state index contributed by atoms with van der Waals surface area (Å²) in [6.45, 7) is 4.26. The molecule has 0 aromatic carbocycles. The zero-order valence-corrected chi connectivity index (χ0v) is 32.7. The Kier molecular flexibility index (Phi) is 32.4. The van der Waals surface area contributed by atoms with Crippen LogP contribution in [-0.4, -0.2) is 76.9 Å². The van der Waals surface area contributed by atoms with Gasteiger partial charge in [-0.15, -0.1) is 0 Å². The number of carbonyl (C=O) groups excluding carboxylic acids is 2. The van der Waals surface area contributed by atoms with E-state index in [1.54, 1.807) is 6.08 Å². The Hall–Kier alpha value is -2.63. The predicted molar refractivity (Wildman–Crippen MR) is 206 cm³/mol. The number of allylic oxidation sites excluding steroid dienone is 10. The molecule has 4 atom stereocenters. The lowest BCUT2D eigenvalue weighted by atomic mass is 10.0. The van der Waals surface area contributed by atoms with Crippen LogP contribution in [-0.2, 0) is 32.7 Å². The van der Waals surface area contributed by atoms with Crippen LogP contribution in [0.25, 0.3) is 0 Å². The molecule has 0 aromatic heterocycles. The molecule has 0 bridgehead atoms. The van der Waals surface area contributed by atoms with Crippen LogP contribution in [0.2, 0.25) is 0 Å². The van der Waals surface area contributed by atoms with Crippen LogP contribution in [0.5, 0.6) is 0 Å². The Morgan fingerprint density at radius 1 is 0.712 bits per heavy atom. The fourth-order valence-electron chi connectivity index (χ4n) is 4.46. The number of carbonyl (C=O) groups is 2. The molecule has 11 nitrogen and oxygen atoms in total.